The number of carbonyl (C=O) groups excluding carboxylic acids is 1. The van der Waals surface area contributed by atoms with Crippen molar-refractivity contribution in [3.05, 3.63) is 71.0 Å². The lowest BCUT2D eigenvalue weighted by molar-refractivity contribution is -0.118. The lowest BCUT2D eigenvalue weighted by atomic mass is 9.68. The molecule has 0 fully saturated rings. The van der Waals surface area contributed by atoms with Crippen LogP contribution < -0.4 is 20.1 Å². The molecular formula is C27H30N4O3. The van der Waals surface area contributed by atoms with Crippen LogP contribution in [0.5, 0.6) is 11.5 Å². The molecule has 2 aliphatic rings. The number of rotatable bonds is 6. The van der Waals surface area contributed by atoms with Gasteiger partial charge in [0.2, 0.25) is 0 Å². The maximum atomic E-state index is 13.7. The van der Waals surface area contributed by atoms with Crippen molar-refractivity contribution in [3.63, 3.8) is 0 Å². The van der Waals surface area contributed by atoms with Crippen LogP contribution in [0.4, 0.5) is 5.69 Å². The summed E-state index contributed by atoms with van der Waals surface area (Å²) in [5.74, 6) is 0.926. The molecule has 2 heterocycles. The lowest BCUT2D eigenvalue weighted by Crippen LogP contribution is -2.42. The number of aromatic nitrogens is 1. The number of carbonyl (C=O) groups is 1. The van der Waals surface area contributed by atoms with Crippen LogP contribution in [0.2, 0.25) is 0 Å². The van der Waals surface area contributed by atoms with Gasteiger partial charge in [-0.15, -0.1) is 0 Å². The summed E-state index contributed by atoms with van der Waals surface area (Å²) in [6.45, 7) is 8.91. The van der Waals surface area contributed by atoms with E-state index in [0.717, 1.165) is 11.4 Å². The SMILES string of the molecule is CCOc1ccc(OCC)c([C@H]2C(C#N)=C(N)N(c3cccnc3)C3=C2C(=O)CC(C)(C)C3)c1. The highest BCUT2D eigenvalue weighted by atomic mass is 16.5. The molecular weight excluding hydrogens is 428 g/mol. The Labute approximate surface area is 200 Å². The minimum atomic E-state index is -0.640. The Balaban J connectivity index is 2.01. The van der Waals surface area contributed by atoms with Gasteiger partial charge >= 0.3 is 0 Å². The standard InChI is InChI=1S/C27H30N4O3/c1-5-33-18-9-10-23(34-6-2)19(12-18)24-20(15-28)26(29)31(17-8-7-11-30-16-17)21-13-27(3,4)14-22(32)25(21)24/h7-12,16,24H,5-6,13-14,29H2,1-4H3/t24-/m0/s1. The van der Waals surface area contributed by atoms with Gasteiger partial charge in [0.1, 0.15) is 17.3 Å². The molecule has 0 spiro atoms. The van der Waals surface area contributed by atoms with Crippen molar-refractivity contribution < 1.29 is 14.3 Å². The van der Waals surface area contributed by atoms with Crippen molar-refractivity contribution >= 4 is 11.5 Å². The zero-order chi connectivity index (χ0) is 24.5. The van der Waals surface area contributed by atoms with Crippen LogP contribution in [0.25, 0.3) is 0 Å². The summed E-state index contributed by atoms with van der Waals surface area (Å²) in [5.41, 5.74) is 9.57. The molecule has 2 N–H and O–H groups in total. The Morgan fingerprint density at radius 1 is 1.21 bits per heavy atom. The van der Waals surface area contributed by atoms with E-state index in [0.29, 0.717) is 60.1 Å². The first-order valence-corrected chi connectivity index (χ1v) is 11.6. The fourth-order valence-corrected chi connectivity index (χ4v) is 4.90. The molecule has 0 unspecified atom stereocenters. The third kappa shape index (κ3) is 4.12. The van der Waals surface area contributed by atoms with E-state index in [9.17, 15) is 10.1 Å². The predicted octanol–water partition coefficient (Wildman–Crippen LogP) is 4.82. The van der Waals surface area contributed by atoms with Crippen molar-refractivity contribution in [2.24, 2.45) is 11.1 Å². The second-order valence-electron chi connectivity index (χ2n) is 9.26. The first-order valence-electron chi connectivity index (χ1n) is 11.6. The summed E-state index contributed by atoms with van der Waals surface area (Å²) in [6, 6.07) is 11.5. The van der Waals surface area contributed by atoms with Gasteiger partial charge in [-0.05, 0) is 56.0 Å². The fourth-order valence-electron chi connectivity index (χ4n) is 4.90. The molecule has 2 aromatic rings. The average molecular weight is 459 g/mol. The number of ether oxygens (including phenoxy) is 2. The predicted molar refractivity (Wildman–Crippen MR) is 130 cm³/mol. The number of nitrogens with zero attached hydrogens (tertiary/aromatic N) is 3. The Morgan fingerprint density at radius 2 is 1.97 bits per heavy atom. The van der Waals surface area contributed by atoms with Gasteiger partial charge in [-0.1, -0.05) is 13.8 Å². The maximum Gasteiger partial charge on any atom is 0.162 e. The van der Waals surface area contributed by atoms with Crippen molar-refractivity contribution in [1.82, 2.24) is 4.98 Å². The monoisotopic (exact) mass is 458 g/mol. The molecule has 0 saturated carbocycles. The van der Waals surface area contributed by atoms with Crippen LogP contribution in [0.15, 0.2) is 65.4 Å². The second kappa shape index (κ2) is 9.22. The smallest absolute Gasteiger partial charge is 0.162 e. The molecule has 1 aromatic carbocycles. The van der Waals surface area contributed by atoms with Crippen LogP contribution in [0.3, 0.4) is 0 Å². The summed E-state index contributed by atoms with van der Waals surface area (Å²) in [7, 11) is 0. The molecule has 1 aliphatic heterocycles. The highest BCUT2D eigenvalue weighted by Gasteiger charge is 2.45. The Bertz CT molecular complexity index is 1210. The van der Waals surface area contributed by atoms with E-state index in [1.54, 1.807) is 12.4 Å². The Kier molecular flexibility index (Phi) is 6.34. The highest BCUT2D eigenvalue weighted by molar-refractivity contribution is 6.01. The van der Waals surface area contributed by atoms with Crippen LogP contribution >= 0.6 is 0 Å². The number of allylic oxidation sites excluding steroid dienone is 3. The summed E-state index contributed by atoms with van der Waals surface area (Å²) < 4.78 is 11.7. The fraction of sp³-hybridized carbons (Fsp3) is 0.370. The summed E-state index contributed by atoms with van der Waals surface area (Å²) in [6.07, 6.45) is 4.39. The molecule has 0 radical (unpaired) electrons. The van der Waals surface area contributed by atoms with Gasteiger partial charge < -0.3 is 15.2 Å². The van der Waals surface area contributed by atoms with Crippen molar-refractivity contribution in [3.8, 4) is 17.6 Å². The molecule has 0 saturated heterocycles. The van der Waals surface area contributed by atoms with Gasteiger partial charge in [-0.2, -0.15) is 5.26 Å². The van der Waals surface area contributed by atoms with Gasteiger partial charge in [0.15, 0.2) is 5.78 Å². The maximum absolute atomic E-state index is 13.7. The third-order valence-corrected chi connectivity index (χ3v) is 6.19. The minimum absolute atomic E-state index is 0.00894. The number of pyridine rings is 1. The molecule has 7 heteroatoms. The zero-order valence-electron chi connectivity index (χ0n) is 20.1. The van der Waals surface area contributed by atoms with Gasteiger partial charge in [0.05, 0.1) is 42.7 Å². The minimum Gasteiger partial charge on any atom is -0.494 e. The van der Waals surface area contributed by atoms with E-state index >= 15 is 0 Å². The van der Waals surface area contributed by atoms with Gasteiger partial charge in [-0.25, -0.2) is 0 Å². The average Bonchev–Trinajstić information content (AvgIpc) is 2.79. The van der Waals surface area contributed by atoms with Gasteiger partial charge in [0, 0.05) is 29.5 Å². The molecule has 0 amide bonds. The number of nitriles is 1. The number of Topliss-reactive ketones (excluding diaryl/α,β-unsaturated/α-hetero) is 1. The summed E-state index contributed by atoms with van der Waals surface area (Å²) >= 11 is 0. The number of anilines is 1. The summed E-state index contributed by atoms with van der Waals surface area (Å²) in [5, 5.41) is 10.3. The lowest BCUT2D eigenvalue weighted by Gasteiger charge is -2.43. The number of benzene rings is 1. The van der Waals surface area contributed by atoms with Gasteiger partial charge in [0.25, 0.3) is 0 Å². The largest absolute Gasteiger partial charge is 0.494 e. The van der Waals surface area contributed by atoms with Crippen LogP contribution in [0.1, 0.15) is 52.0 Å². The normalized spacial score (nSPS) is 19.6. The number of nitrogens with two attached hydrogens (primary N) is 1. The molecule has 4 rings (SSSR count). The molecule has 176 valence electrons. The quantitative estimate of drug-likeness (QED) is 0.662. The van der Waals surface area contributed by atoms with E-state index in [1.165, 1.54) is 0 Å². The molecule has 0 bridgehead atoms. The molecule has 1 aliphatic carbocycles. The molecule has 1 atom stereocenters. The summed E-state index contributed by atoms with van der Waals surface area (Å²) in [4.78, 5) is 19.8. The van der Waals surface area contributed by atoms with E-state index in [4.69, 9.17) is 15.2 Å². The number of ketones is 1. The third-order valence-electron chi connectivity index (χ3n) is 6.19. The molecule has 7 nitrogen and oxygen atoms in total. The number of hydrogen-bond donors (Lipinski definition) is 1. The second-order valence-corrected chi connectivity index (χ2v) is 9.26. The number of hydrogen-bond acceptors (Lipinski definition) is 7. The Hall–Kier alpha value is -3.79. The van der Waals surface area contributed by atoms with E-state index < -0.39 is 5.92 Å². The molecule has 1 aromatic heterocycles. The zero-order valence-corrected chi connectivity index (χ0v) is 20.1. The van der Waals surface area contributed by atoms with Gasteiger partial charge in [-0.3, -0.25) is 14.7 Å². The van der Waals surface area contributed by atoms with E-state index in [2.05, 4.69) is 24.9 Å². The van der Waals surface area contributed by atoms with E-state index in [1.807, 2.05) is 49.1 Å². The molecule has 34 heavy (non-hydrogen) atoms. The first kappa shape index (κ1) is 23.4. The topological polar surface area (TPSA) is 101 Å². The van der Waals surface area contributed by atoms with E-state index in [-0.39, 0.29) is 11.2 Å². The van der Waals surface area contributed by atoms with Crippen molar-refractivity contribution in [2.45, 2.75) is 46.5 Å². The highest BCUT2D eigenvalue weighted by Crippen LogP contribution is 2.51. The van der Waals surface area contributed by atoms with Crippen molar-refractivity contribution in [2.75, 3.05) is 18.1 Å². The van der Waals surface area contributed by atoms with Crippen LogP contribution in [-0.4, -0.2) is 24.0 Å². The van der Waals surface area contributed by atoms with Crippen LogP contribution in [-0.2, 0) is 4.79 Å². The Morgan fingerprint density at radius 3 is 2.62 bits per heavy atom. The first-order chi connectivity index (χ1) is 16.3. The van der Waals surface area contributed by atoms with Crippen molar-refractivity contribution in [1.29, 1.82) is 5.26 Å². The van der Waals surface area contributed by atoms with Crippen LogP contribution in [0, 0.1) is 16.7 Å².